The first kappa shape index (κ1) is 19.9. The molecule has 3 aromatic rings. The lowest BCUT2D eigenvalue weighted by Crippen LogP contribution is -2.07. The van der Waals surface area contributed by atoms with Gasteiger partial charge in [-0.1, -0.05) is 23.7 Å². The van der Waals surface area contributed by atoms with Gasteiger partial charge in [-0.25, -0.2) is 4.39 Å². The van der Waals surface area contributed by atoms with Crippen LogP contribution >= 0.6 is 11.6 Å². The third kappa shape index (κ3) is 4.69. The van der Waals surface area contributed by atoms with Crippen LogP contribution < -0.4 is 0 Å². The maximum atomic E-state index is 13.6. The van der Waals surface area contributed by atoms with Gasteiger partial charge in [0.2, 0.25) is 0 Å². The van der Waals surface area contributed by atoms with Crippen LogP contribution in [-0.2, 0) is 22.1 Å². The first-order chi connectivity index (χ1) is 13.3. The molecule has 0 fully saturated rings. The molecule has 1 N–H and O–H groups in total. The standard InChI is InChI=1S/C19H13ClF4N2O2/c20-14-3-1-2-11(5-14)18(28-10-27)9-16-8-17(26-25-16)12-4-13(19(22,23)24)7-15(21)6-12/h1-8,10,18H,9H2,(H,25,26). The molecule has 9 heteroatoms. The zero-order chi connectivity index (χ0) is 20.3. The van der Waals surface area contributed by atoms with E-state index in [0.29, 0.717) is 28.8 Å². The maximum absolute atomic E-state index is 13.6. The SMILES string of the molecule is O=COC(Cc1cc(-c2cc(F)cc(C(F)(F)F)c2)[nH]n1)c1cccc(Cl)c1. The van der Waals surface area contributed by atoms with E-state index in [1.165, 1.54) is 6.07 Å². The number of hydrogen-bond acceptors (Lipinski definition) is 3. The van der Waals surface area contributed by atoms with Crippen molar-refractivity contribution in [1.82, 2.24) is 10.2 Å². The third-order valence-electron chi connectivity index (χ3n) is 4.00. The number of rotatable bonds is 6. The molecule has 28 heavy (non-hydrogen) atoms. The minimum Gasteiger partial charge on any atom is -0.459 e. The number of ether oxygens (including phenoxy) is 1. The van der Waals surface area contributed by atoms with Crippen LogP contribution in [0.4, 0.5) is 17.6 Å². The van der Waals surface area contributed by atoms with Gasteiger partial charge in [0.1, 0.15) is 11.9 Å². The Hall–Kier alpha value is -2.87. The molecule has 0 aliphatic rings. The number of aromatic amines is 1. The molecule has 2 aromatic carbocycles. The Morgan fingerprint density at radius 2 is 1.96 bits per heavy atom. The van der Waals surface area contributed by atoms with Crippen LogP contribution in [0.2, 0.25) is 5.02 Å². The van der Waals surface area contributed by atoms with Crippen LogP contribution in [0.1, 0.15) is 22.9 Å². The first-order valence-corrected chi connectivity index (χ1v) is 8.41. The normalized spacial score (nSPS) is 12.6. The topological polar surface area (TPSA) is 55.0 Å². The van der Waals surface area contributed by atoms with Gasteiger partial charge in [-0.15, -0.1) is 0 Å². The molecule has 0 bridgehead atoms. The number of aromatic nitrogens is 2. The summed E-state index contributed by atoms with van der Waals surface area (Å²) in [4.78, 5) is 10.8. The van der Waals surface area contributed by atoms with Crippen molar-refractivity contribution >= 4 is 18.1 Å². The average Bonchev–Trinajstić information content (AvgIpc) is 3.09. The minimum absolute atomic E-state index is 0.00156. The number of alkyl halides is 3. The number of halogens is 5. The number of nitrogens with one attached hydrogen (secondary N) is 1. The fourth-order valence-electron chi connectivity index (χ4n) is 2.73. The van der Waals surface area contributed by atoms with Gasteiger partial charge in [-0.2, -0.15) is 18.3 Å². The van der Waals surface area contributed by atoms with Crippen molar-refractivity contribution in [2.45, 2.75) is 18.7 Å². The lowest BCUT2D eigenvalue weighted by atomic mass is 10.0. The van der Waals surface area contributed by atoms with E-state index in [9.17, 15) is 22.4 Å². The van der Waals surface area contributed by atoms with Crippen molar-refractivity contribution in [1.29, 1.82) is 0 Å². The van der Waals surface area contributed by atoms with E-state index >= 15 is 0 Å². The van der Waals surface area contributed by atoms with Crippen molar-refractivity contribution in [2.24, 2.45) is 0 Å². The van der Waals surface area contributed by atoms with Gasteiger partial charge in [-0.05, 0) is 42.0 Å². The van der Waals surface area contributed by atoms with E-state index < -0.39 is 23.7 Å². The van der Waals surface area contributed by atoms with Crippen molar-refractivity contribution < 1.29 is 27.1 Å². The Bertz CT molecular complexity index is 988. The first-order valence-electron chi connectivity index (χ1n) is 8.03. The number of carbonyl (C=O) groups is 1. The van der Waals surface area contributed by atoms with Crippen molar-refractivity contribution in [3.63, 3.8) is 0 Å². The summed E-state index contributed by atoms with van der Waals surface area (Å²) in [7, 11) is 0. The van der Waals surface area contributed by atoms with Gasteiger partial charge >= 0.3 is 6.18 Å². The summed E-state index contributed by atoms with van der Waals surface area (Å²) < 4.78 is 57.4. The van der Waals surface area contributed by atoms with E-state index in [4.69, 9.17) is 16.3 Å². The predicted molar refractivity (Wildman–Crippen MR) is 94.0 cm³/mol. The van der Waals surface area contributed by atoms with Gasteiger partial charge in [0.05, 0.1) is 17.0 Å². The summed E-state index contributed by atoms with van der Waals surface area (Å²) in [6.45, 7) is 0.293. The number of hydrogen-bond donors (Lipinski definition) is 1. The predicted octanol–water partition coefficient (Wildman–Crippen LogP) is 5.34. The lowest BCUT2D eigenvalue weighted by molar-refractivity contribution is -0.137. The third-order valence-corrected chi connectivity index (χ3v) is 4.24. The Balaban J connectivity index is 1.87. The largest absolute Gasteiger partial charge is 0.459 e. The summed E-state index contributed by atoms with van der Waals surface area (Å²) >= 11 is 5.95. The molecule has 0 amide bonds. The van der Waals surface area contributed by atoms with Crippen LogP contribution in [0.5, 0.6) is 0 Å². The van der Waals surface area contributed by atoms with Crippen LogP contribution in [0, 0.1) is 5.82 Å². The second kappa shape index (κ2) is 8.02. The molecular weight excluding hydrogens is 400 g/mol. The van der Waals surface area contributed by atoms with Crippen molar-refractivity contribution in [2.75, 3.05) is 0 Å². The fourth-order valence-corrected chi connectivity index (χ4v) is 2.93. The molecule has 0 aliphatic carbocycles. The van der Waals surface area contributed by atoms with Crippen LogP contribution in [0.15, 0.2) is 48.5 Å². The Morgan fingerprint density at radius 3 is 2.64 bits per heavy atom. The Morgan fingerprint density at radius 1 is 1.18 bits per heavy atom. The van der Waals surface area contributed by atoms with Crippen LogP contribution in [0.3, 0.4) is 0 Å². The molecule has 3 rings (SSSR count). The molecule has 0 radical (unpaired) electrons. The van der Waals surface area contributed by atoms with Gasteiger partial charge in [-0.3, -0.25) is 9.89 Å². The Kier molecular flexibility index (Phi) is 5.69. The number of benzene rings is 2. The smallest absolute Gasteiger partial charge is 0.416 e. The summed E-state index contributed by atoms with van der Waals surface area (Å²) in [5.41, 5.74) is 0.159. The monoisotopic (exact) mass is 412 g/mol. The number of nitrogens with zero attached hydrogens (tertiary/aromatic N) is 1. The minimum atomic E-state index is -4.67. The summed E-state index contributed by atoms with van der Waals surface area (Å²) in [6.07, 6.45) is -5.21. The molecule has 0 spiro atoms. The molecule has 4 nitrogen and oxygen atoms in total. The highest BCUT2D eigenvalue weighted by Gasteiger charge is 2.31. The van der Waals surface area contributed by atoms with Gasteiger partial charge in [0.15, 0.2) is 0 Å². The average molecular weight is 413 g/mol. The molecular formula is C19H13ClF4N2O2. The second-order valence-electron chi connectivity index (χ2n) is 5.98. The zero-order valence-corrected chi connectivity index (χ0v) is 14.9. The molecule has 0 aliphatic heterocycles. The van der Waals surface area contributed by atoms with E-state index in [1.807, 2.05) is 0 Å². The van der Waals surface area contributed by atoms with Gasteiger partial charge < -0.3 is 4.74 Å². The van der Waals surface area contributed by atoms with E-state index in [2.05, 4.69) is 10.2 Å². The number of carbonyl (C=O) groups excluding carboxylic acids is 1. The van der Waals surface area contributed by atoms with E-state index in [1.54, 1.807) is 24.3 Å². The quantitative estimate of drug-likeness (QED) is 0.439. The van der Waals surface area contributed by atoms with Crippen molar-refractivity contribution in [3.05, 3.63) is 76.2 Å². The summed E-state index contributed by atoms with van der Waals surface area (Å²) in [6, 6.07) is 10.4. The summed E-state index contributed by atoms with van der Waals surface area (Å²) in [5, 5.41) is 7.07. The van der Waals surface area contributed by atoms with Crippen molar-refractivity contribution in [3.8, 4) is 11.3 Å². The molecule has 0 saturated carbocycles. The molecule has 0 saturated heterocycles. The highest BCUT2D eigenvalue weighted by atomic mass is 35.5. The lowest BCUT2D eigenvalue weighted by Gasteiger charge is -2.14. The molecule has 1 atom stereocenters. The van der Waals surface area contributed by atoms with Crippen LogP contribution in [-0.4, -0.2) is 16.7 Å². The fraction of sp³-hybridized carbons (Fsp3) is 0.158. The van der Waals surface area contributed by atoms with E-state index in [-0.39, 0.29) is 17.7 Å². The highest BCUT2D eigenvalue weighted by Crippen LogP contribution is 2.33. The molecule has 1 unspecified atom stereocenters. The van der Waals surface area contributed by atoms with Gasteiger partial charge in [0.25, 0.3) is 6.47 Å². The molecule has 146 valence electrons. The highest BCUT2D eigenvalue weighted by molar-refractivity contribution is 6.30. The maximum Gasteiger partial charge on any atom is 0.416 e. The van der Waals surface area contributed by atoms with Gasteiger partial charge in [0, 0.05) is 17.0 Å². The molecule has 1 aromatic heterocycles. The second-order valence-corrected chi connectivity index (χ2v) is 6.42. The summed E-state index contributed by atoms with van der Waals surface area (Å²) in [5.74, 6) is -1.01. The Labute approximate surface area is 162 Å². The van der Waals surface area contributed by atoms with E-state index in [0.717, 1.165) is 12.1 Å². The number of H-pyrrole nitrogens is 1. The zero-order valence-electron chi connectivity index (χ0n) is 14.1. The van der Waals surface area contributed by atoms with Crippen LogP contribution in [0.25, 0.3) is 11.3 Å². The molecule has 1 heterocycles.